The number of ether oxygens (including phenoxy) is 1. The van der Waals surface area contributed by atoms with Gasteiger partial charge in [0.2, 0.25) is 0 Å². The van der Waals surface area contributed by atoms with Gasteiger partial charge >= 0.3 is 5.97 Å². The number of benzene rings is 1. The number of hydrogen-bond acceptors (Lipinski definition) is 4. The highest BCUT2D eigenvalue weighted by atomic mass is 16.5. The second-order valence-electron chi connectivity index (χ2n) is 4.87. The number of nitrogen functional groups attached to an aromatic ring is 1. The molecule has 5 heteroatoms. The molecule has 0 aliphatic carbocycles. The number of nitrogens with two attached hydrogens (primary N) is 1. The number of carbonyl (C=O) groups excluding carboxylic acids is 2. The minimum atomic E-state index is -0.579. The molecule has 1 aromatic rings. The van der Waals surface area contributed by atoms with Gasteiger partial charge in [0.15, 0.2) is 6.61 Å². The summed E-state index contributed by atoms with van der Waals surface area (Å²) in [6, 6.07) is 5.20. The van der Waals surface area contributed by atoms with Crippen molar-refractivity contribution in [2.45, 2.75) is 39.7 Å². The first-order valence-corrected chi connectivity index (χ1v) is 6.77. The topological polar surface area (TPSA) is 81.4 Å². The summed E-state index contributed by atoms with van der Waals surface area (Å²) in [7, 11) is 0. The maximum absolute atomic E-state index is 11.9. The van der Waals surface area contributed by atoms with E-state index in [2.05, 4.69) is 5.32 Å². The molecule has 0 bridgehead atoms. The first-order chi connectivity index (χ1) is 9.45. The van der Waals surface area contributed by atoms with Crippen LogP contribution in [0.1, 0.15) is 42.6 Å². The van der Waals surface area contributed by atoms with Crippen LogP contribution in [0.4, 0.5) is 5.69 Å². The Morgan fingerprint density at radius 1 is 1.40 bits per heavy atom. The van der Waals surface area contributed by atoms with Gasteiger partial charge in [-0.15, -0.1) is 0 Å². The van der Waals surface area contributed by atoms with E-state index in [9.17, 15) is 9.59 Å². The average molecular weight is 278 g/mol. The summed E-state index contributed by atoms with van der Waals surface area (Å²) in [4.78, 5) is 23.4. The van der Waals surface area contributed by atoms with Crippen LogP contribution in [0.5, 0.6) is 0 Å². The Kier molecular flexibility index (Phi) is 6.03. The SMILES string of the molecule is CCCC(C)NC(=O)COC(=O)c1cccc(C)c1N. The van der Waals surface area contributed by atoms with Gasteiger partial charge in [0, 0.05) is 11.7 Å². The lowest BCUT2D eigenvalue weighted by molar-refractivity contribution is -0.124. The third-order valence-corrected chi connectivity index (χ3v) is 3.01. The number of esters is 1. The second kappa shape index (κ2) is 7.53. The number of para-hydroxylation sites is 1. The average Bonchev–Trinajstić information content (AvgIpc) is 2.39. The van der Waals surface area contributed by atoms with E-state index in [1.54, 1.807) is 12.1 Å². The summed E-state index contributed by atoms with van der Waals surface area (Å²) in [5.74, 6) is -0.880. The molecule has 1 aromatic carbocycles. The van der Waals surface area contributed by atoms with Crippen molar-refractivity contribution in [3.63, 3.8) is 0 Å². The molecule has 0 saturated carbocycles. The molecule has 3 N–H and O–H groups in total. The van der Waals surface area contributed by atoms with Gasteiger partial charge in [0.1, 0.15) is 0 Å². The van der Waals surface area contributed by atoms with E-state index in [0.29, 0.717) is 11.3 Å². The third kappa shape index (κ3) is 4.57. The van der Waals surface area contributed by atoms with Crippen LogP contribution in [0, 0.1) is 6.92 Å². The standard InChI is InChI=1S/C15H22N2O3/c1-4-6-11(3)17-13(18)9-20-15(19)12-8-5-7-10(2)14(12)16/h5,7-8,11H,4,6,9,16H2,1-3H3,(H,17,18). The normalized spacial score (nSPS) is 11.8. The molecule has 0 aromatic heterocycles. The van der Waals surface area contributed by atoms with Crippen molar-refractivity contribution in [3.8, 4) is 0 Å². The smallest absolute Gasteiger partial charge is 0.340 e. The number of anilines is 1. The minimum Gasteiger partial charge on any atom is -0.452 e. The summed E-state index contributed by atoms with van der Waals surface area (Å²) in [5.41, 5.74) is 7.29. The molecule has 0 aliphatic heterocycles. The van der Waals surface area contributed by atoms with Crippen molar-refractivity contribution >= 4 is 17.6 Å². The lowest BCUT2D eigenvalue weighted by Crippen LogP contribution is -2.35. The van der Waals surface area contributed by atoms with E-state index in [1.807, 2.05) is 26.8 Å². The van der Waals surface area contributed by atoms with Crippen LogP contribution in [-0.4, -0.2) is 24.5 Å². The second-order valence-corrected chi connectivity index (χ2v) is 4.87. The van der Waals surface area contributed by atoms with Crippen LogP contribution in [0.25, 0.3) is 0 Å². The van der Waals surface area contributed by atoms with E-state index in [0.717, 1.165) is 18.4 Å². The Balaban J connectivity index is 2.51. The number of rotatable bonds is 6. The van der Waals surface area contributed by atoms with Gasteiger partial charge in [-0.25, -0.2) is 4.79 Å². The number of aryl methyl sites for hydroxylation is 1. The van der Waals surface area contributed by atoms with Gasteiger partial charge in [-0.05, 0) is 31.9 Å². The van der Waals surface area contributed by atoms with E-state index in [-0.39, 0.29) is 18.6 Å². The Morgan fingerprint density at radius 2 is 2.10 bits per heavy atom. The van der Waals surface area contributed by atoms with Crippen molar-refractivity contribution in [2.75, 3.05) is 12.3 Å². The number of nitrogens with one attached hydrogen (secondary N) is 1. The Bertz CT molecular complexity index is 486. The van der Waals surface area contributed by atoms with Crippen LogP contribution in [0.2, 0.25) is 0 Å². The molecule has 110 valence electrons. The molecule has 0 heterocycles. The first kappa shape index (κ1) is 16.0. The molecular weight excluding hydrogens is 256 g/mol. The molecule has 0 saturated heterocycles. The molecular formula is C15H22N2O3. The van der Waals surface area contributed by atoms with Crippen LogP contribution >= 0.6 is 0 Å². The van der Waals surface area contributed by atoms with E-state index >= 15 is 0 Å². The fourth-order valence-corrected chi connectivity index (χ4v) is 1.89. The van der Waals surface area contributed by atoms with Crippen molar-refractivity contribution in [1.82, 2.24) is 5.32 Å². The molecule has 1 amide bonds. The number of amides is 1. The predicted octanol–water partition coefficient (Wildman–Crippen LogP) is 2.04. The molecule has 20 heavy (non-hydrogen) atoms. The molecule has 1 unspecified atom stereocenters. The Morgan fingerprint density at radius 3 is 2.75 bits per heavy atom. The molecule has 1 rings (SSSR count). The van der Waals surface area contributed by atoms with Crippen molar-refractivity contribution in [1.29, 1.82) is 0 Å². The maximum atomic E-state index is 11.9. The molecule has 0 aliphatic rings. The van der Waals surface area contributed by atoms with E-state index in [4.69, 9.17) is 10.5 Å². The van der Waals surface area contributed by atoms with Crippen molar-refractivity contribution in [2.24, 2.45) is 0 Å². The highest BCUT2D eigenvalue weighted by Gasteiger charge is 2.14. The fraction of sp³-hybridized carbons (Fsp3) is 0.467. The lowest BCUT2D eigenvalue weighted by Gasteiger charge is -2.13. The van der Waals surface area contributed by atoms with Gasteiger partial charge in [-0.3, -0.25) is 4.79 Å². The number of hydrogen-bond donors (Lipinski definition) is 2. The largest absolute Gasteiger partial charge is 0.452 e. The van der Waals surface area contributed by atoms with Crippen molar-refractivity contribution in [3.05, 3.63) is 29.3 Å². The summed E-state index contributed by atoms with van der Waals surface area (Å²) < 4.78 is 4.97. The molecule has 5 nitrogen and oxygen atoms in total. The Hall–Kier alpha value is -2.04. The highest BCUT2D eigenvalue weighted by Crippen LogP contribution is 2.17. The zero-order valence-corrected chi connectivity index (χ0v) is 12.2. The summed E-state index contributed by atoms with van der Waals surface area (Å²) >= 11 is 0. The predicted molar refractivity (Wildman–Crippen MR) is 78.4 cm³/mol. The van der Waals surface area contributed by atoms with Gasteiger partial charge < -0.3 is 15.8 Å². The molecule has 0 radical (unpaired) electrons. The van der Waals surface area contributed by atoms with Gasteiger partial charge in [0.05, 0.1) is 5.56 Å². The van der Waals surface area contributed by atoms with Crippen molar-refractivity contribution < 1.29 is 14.3 Å². The summed E-state index contributed by atoms with van der Waals surface area (Å²) in [6.07, 6.45) is 1.88. The van der Waals surface area contributed by atoms with Crippen LogP contribution < -0.4 is 11.1 Å². The lowest BCUT2D eigenvalue weighted by atomic mass is 10.1. The third-order valence-electron chi connectivity index (χ3n) is 3.01. The van der Waals surface area contributed by atoms with E-state index in [1.165, 1.54) is 0 Å². The highest BCUT2D eigenvalue weighted by molar-refractivity contribution is 5.96. The van der Waals surface area contributed by atoms with Crippen LogP contribution in [0.15, 0.2) is 18.2 Å². The maximum Gasteiger partial charge on any atom is 0.340 e. The monoisotopic (exact) mass is 278 g/mol. The summed E-state index contributed by atoms with van der Waals surface area (Å²) in [6.45, 7) is 5.48. The molecule has 0 spiro atoms. The van der Waals surface area contributed by atoms with E-state index < -0.39 is 5.97 Å². The number of carbonyl (C=O) groups is 2. The van der Waals surface area contributed by atoms with Crippen LogP contribution in [-0.2, 0) is 9.53 Å². The fourth-order valence-electron chi connectivity index (χ4n) is 1.89. The Labute approximate surface area is 119 Å². The van der Waals surface area contributed by atoms with Gasteiger partial charge in [-0.1, -0.05) is 25.5 Å². The molecule has 1 atom stereocenters. The van der Waals surface area contributed by atoms with Gasteiger partial charge in [-0.2, -0.15) is 0 Å². The quantitative estimate of drug-likeness (QED) is 0.616. The minimum absolute atomic E-state index is 0.0789. The molecule has 0 fully saturated rings. The van der Waals surface area contributed by atoms with Gasteiger partial charge in [0.25, 0.3) is 5.91 Å². The first-order valence-electron chi connectivity index (χ1n) is 6.77. The summed E-state index contributed by atoms with van der Waals surface area (Å²) in [5, 5.41) is 2.77. The zero-order chi connectivity index (χ0) is 15.1. The zero-order valence-electron chi connectivity index (χ0n) is 12.2. The van der Waals surface area contributed by atoms with Crippen LogP contribution in [0.3, 0.4) is 0 Å².